The zero-order valence-electron chi connectivity index (χ0n) is 7.75. The Morgan fingerprint density at radius 1 is 1.31 bits per heavy atom. The maximum Gasteiger partial charge on any atom is 0.183 e. The lowest BCUT2D eigenvalue weighted by molar-refractivity contribution is 0.911. The summed E-state index contributed by atoms with van der Waals surface area (Å²) >= 11 is 0. The van der Waals surface area contributed by atoms with E-state index in [2.05, 4.69) is 18.3 Å². The first kappa shape index (κ1) is 8.12. The van der Waals surface area contributed by atoms with Gasteiger partial charge in [-0.3, -0.25) is 4.90 Å². The number of nitriles is 1. The summed E-state index contributed by atoms with van der Waals surface area (Å²) in [7, 11) is 1.79. The van der Waals surface area contributed by atoms with Gasteiger partial charge in [0.15, 0.2) is 6.19 Å². The molecule has 0 saturated heterocycles. The summed E-state index contributed by atoms with van der Waals surface area (Å²) < 4.78 is 0. The summed E-state index contributed by atoms with van der Waals surface area (Å²) in [6.07, 6.45) is 5.73. The van der Waals surface area contributed by atoms with Crippen LogP contribution in [0.2, 0.25) is 0 Å². The van der Waals surface area contributed by atoms with Gasteiger partial charge in [-0.25, -0.2) is 0 Å². The summed E-state index contributed by atoms with van der Waals surface area (Å²) in [4.78, 5) is 1.60. The predicted molar refractivity (Wildman–Crippen MR) is 52.5 cm³/mol. The number of hydrogen-bond donors (Lipinski definition) is 0. The first-order valence-corrected chi connectivity index (χ1v) is 4.56. The van der Waals surface area contributed by atoms with Crippen LogP contribution in [0.5, 0.6) is 0 Å². The Morgan fingerprint density at radius 2 is 2.08 bits per heavy atom. The van der Waals surface area contributed by atoms with Gasteiger partial charge in [0.2, 0.25) is 0 Å². The first-order valence-electron chi connectivity index (χ1n) is 4.56. The van der Waals surface area contributed by atoms with Crippen molar-refractivity contribution in [2.45, 2.75) is 19.3 Å². The molecule has 0 atom stereocenters. The van der Waals surface area contributed by atoms with Crippen LogP contribution in [0.4, 0.5) is 5.69 Å². The minimum absolute atomic E-state index is 1.00. The van der Waals surface area contributed by atoms with Crippen LogP contribution in [0.3, 0.4) is 0 Å². The molecule has 1 aliphatic carbocycles. The quantitative estimate of drug-likeness (QED) is 0.479. The van der Waals surface area contributed by atoms with Crippen molar-refractivity contribution in [2.75, 3.05) is 11.9 Å². The molecule has 0 saturated carbocycles. The minimum atomic E-state index is 1.00. The van der Waals surface area contributed by atoms with Gasteiger partial charge in [0, 0.05) is 7.05 Å². The van der Waals surface area contributed by atoms with Crippen LogP contribution in [0.1, 0.15) is 17.5 Å². The second-order valence-corrected chi connectivity index (χ2v) is 3.47. The molecule has 66 valence electrons. The molecular formula is C11H12N2. The Hall–Kier alpha value is -1.49. The van der Waals surface area contributed by atoms with Gasteiger partial charge in [0.25, 0.3) is 0 Å². The smallest absolute Gasteiger partial charge is 0.183 e. The van der Waals surface area contributed by atoms with Gasteiger partial charge >= 0.3 is 0 Å². The van der Waals surface area contributed by atoms with Crippen molar-refractivity contribution in [3.05, 3.63) is 29.3 Å². The minimum Gasteiger partial charge on any atom is -0.283 e. The Kier molecular flexibility index (Phi) is 1.94. The van der Waals surface area contributed by atoms with Gasteiger partial charge in [-0.1, -0.05) is 6.07 Å². The average Bonchev–Trinajstić information content (AvgIpc) is 2.63. The molecule has 1 aromatic rings. The highest BCUT2D eigenvalue weighted by Gasteiger charge is 2.11. The number of anilines is 1. The van der Waals surface area contributed by atoms with E-state index in [1.54, 1.807) is 11.9 Å². The van der Waals surface area contributed by atoms with Crippen LogP contribution in [-0.4, -0.2) is 7.05 Å². The molecule has 1 aromatic carbocycles. The summed E-state index contributed by atoms with van der Waals surface area (Å²) in [6, 6.07) is 6.30. The van der Waals surface area contributed by atoms with E-state index in [0.717, 1.165) is 5.69 Å². The molecule has 0 radical (unpaired) electrons. The highest BCUT2D eigenvalue weighted by Crippen LogP contribution is 2.25. The predicted octanol–water partition coefficient (Wildman–Crippen LogP) is 2.09. The van der Waals surface area contributed by atoms with E-state index in [-0.39, 0.29) is 0 Å². The summed E-state index contributed by atoms with van der Waals surface area (Å²) in [5, 5.41) is 8.71. The molecule has 0 unspecified atom stereocenters. The second kappa shape index (κ2) is 3.10. The maximum absolute atomic E-state index is 8.71. The van der Waals surface area contributed by atoms with Gasteiger partial charge in [-0.05, 0) is 42.5 Å². The zero-order chi connectivity index (χ0) is 9.26. The normalized spacial score (nSPS) is 13.5. The van der Waals surface area contributed by atoms with Crippen molar-refractivity contribution in [3.63, 3.8) is 0 Å². The van der Waals surface area contributed by atoms with E-state index in [1.165, 1.54) is 30.4 Å². The second-order valence-electron chi connectivity index (χ2n) is 3.47. The highest BCUT2D eigenvalue weighted by molar-refractivity contribution is 5.54. The number of aryl methyl sites for hydroxylation is 2. The molecule has 0 aromatic heterocycles. The van der Waals surface area contributed by atoms with Gasteiger partial charge in [0.05, 0.1) is 5.69 Å². The molecule has 2 heteroatoms. The monoisotopic (exact) mass is 172 g/mol. The summed E-state index contributed by atoms with van der Waals surface area (Å²) in [5.41, 5.74) is 3.87. The molecule has 0 bridgehead atoms. The molecule has 0 heterocycles. The molecule has 0 spiro atoms. The first-order chi connectivity index (χ1) is 6.31. The standard InChI is InChI=1S/C11H12N2/c1-13(8-12)11-6-5-9-3-2-4-10(9)7-11/h5-7H,2-4H2,1H3. The van der Waals surface area contributed by atoms with Gasteiger partial charge in [0.1, 0.15) is 0 Å². The van der Waals surface area contributed by atoms with E-state index in [0.29, 0.717) is 0 Å². The Balaban J connectivity index is 2.37. The fourth-order valence-corrected chi connectivity index (χ4v) is 1.82. The summed E-state index contributed by atoms with van der Waals surface area (Å²) in [6.45, 7) is 0. The van der Waals surface area contributed by atoms with Crippen molar-refractivity contribution in [1.29, 1.82) is 5.26 Å². The molecule has 13 heavy (non-hydrogen) atoms. The fraction of sp³-hybridized carbons (Fsp3) is 0.364. The van der Waals surface area contributed by atoms with Crippen molar-refractivity contribution >= 4 is 5.69 Å². The van der Waals surface area contributed by atoms with E-state index in [1.807, 2.05) is 6.07 Å². The van der Waals surface area contributed by atoms with Crippen molar-refractivity contribution in [2.24, 2.45) is 0 Å². The third kappa shape index (κ3) is 1.38. The van der Waals surface area contributed by atoms with Crippen LogP contribution in [0.15, 0.2) is 18.2 Å². The Morgan fingerprint density at radius 3 is 2.85 bits per heavy atom. The Bertz CT molecular complexity index is 363. The van der Waals surface area contributed by atoms with Crippen molar-refractivity contribution in [3.8, 4) is 6.19 Å². The number of rotatable bonds is 1. The average molecular weight is 172 g/mol. The van der Waals surface area contributed by atoms with E-state index in [9.17, 15) is 0 Å². The number of hydrogen-bond acceptors (Lipinski definition) is 2. The molecule has 0 aliphatic heterocycles. The van der Waals surface area contributed by atoms with Crippen molar-refractivity contribution in [1.82, 2.24) is 0 Å². The van der Waals surface area contributed by atoms with E-state index < -0.39 is 0 Å². The molecule has 2 rings (SSSR count). The third-order valence-electron chi connectivity index (χ3n) is 2.62. The lowest BCUT2D eigenvalue weighted by atomic mass is 10.1. The number of fused-ring (bicyclic) bond motifs is 1. The molecule has 1 aliphatic rings. The fourth-order valence-electron chi connectivity index (χ4n) is 1.82. The van der Waals surface area contributed by atoms with E-state index in [4.69, 9.17) is 5.26 Å². The summed E-state index contributed by atoms with van der Waals surface area (Å²) in [5.74, 6) is 0. The largest absolute Gasteiger partial charge is 0.283 e. The maximum atomic E-state index is 8.71. The van der Waals surface area contributed by atoms with Crippen LogP contribution in [-0.2, 0) is 12.8 Å². The topological polar surface area (TPSA) is 27.0 Å². The zero-order valence-corrected chi connectivity index (χ0v) is 7.75. The Labute approximate surface area is 78.4 Å². The van der Waals surface area contributed by atoms with Crippen LogP contribution in [0, 0.1) is 11.5 Å². The van der Waals surface area contributed by atoms with Gasteiger partial charge < -0.3 is 0 Å². The van der Waals surface area contributed by atoms with Crippen LogP contribution in [0.25, 0.3) is 0 Å². The van der Waals surface area contributed by atoms with Crippen LogP contribution >= 0.6 is 0 Å². The van der Waals surface area contributed by atoms with Gasteiger partial charge in [-0.15, -0.1) is 0 Å². The molecule has 0 N–H and O–H groups in total. The molecular weight excluding hydrogens is 160 g/mol. The SMILES string of the molecule is CN(C#N)c1ccc2c(c1)CCC2. The lowest BCUT2D eigenvalue weighted by Crippen LogP contribution is -2.08. The van der Waals surface area contributed by atoms with Crippen molar-refractivity contribution < 1.29 is 0 Å². The van der Waals surface area contributed by atoms with Gasteiger partial charge in [-0.2, -0.15) is 5.26 Å². The lowest BCUT2D eigenvalue weighted by Gasteiger charge is -2.10. The van der Waals surface area contributed by atoms with E-state index >= 15 is 0 Å². The molecule has 2 nitrogen and oxygen atoms in total. The third-order valence-corrected chi connectivity index (χ3v) is 2.62. The molecule has 0 amide bonds. The van der Waals surface area contributed by atoms with Crippen LogP contribution < -0.4 is 4.90 Å². The number of nitrogens with zero attached hydrogens (tertiary/aromatic N) is 2. The highest BCUT2D eigenvalue weighted by atomic mass is 15.1. The number of benzene rings is 1. The molecule has 0 fully saturated rings.